The van der Waals surface area contributed by atoms with E-state index in [4.69, 9.17) is 0 Å². The number of benzene rings is 1. The van der Waals surface area contributed by atoms with Gasteiger partial charge in [0, 0.05) is 4.47 Å². The third-order valence-electron chi connectivity index (χ3n) is 2.12. The van der Waals surface area contributed by atoms with Gasteiger partial charge in [-0.25, -0.2) is 0 Å². The first-order valence-electron chi connectivity index (χ1n) is 3.73. The highest BCUT2D eigenvalue weighted by atomic mass is 79.9. The predicted molar refractivity (Wildman–Crippen MR) is 51.5 cm³/mol. The van der Waals surface area contributed by atoms with Gasteiger partial charge in [-0.15, -0.1) is 0 Å². The third-order valence-corrected chi connectivity index (χ3v) is 2.61. The summed E-state index contributed by atoms with van der Waals surface area (Å²) in [6, 6.07) is 6.47. The summed E-state index contributed by atoms with van der Waals surface area (Å²) in [5, 5.41) is 0. The molecule has 0 heterocycles. The molecule has 1 aromatic rings. The van der Waals surface area contributed by atoms with Crippen molar-refractivity contribution < 1.29 is 0 Å². The van der Waals surface area contributed by atoms with Crippen LogP contribution in [0.25, 0.3) is 5.57 Å². The molecule has 1 aromatic carbocycles. The van der Waals surface area contributed by atoms with E-state index >= 15 is 0 Å². The molecular weight excluding hydrogens is 200 g/mol. The van der Waals surface area contributed by atoms with Crippen molar-refractivity contribution in [2.45, 2.75) is 13.3 Å². The van der Waals surface area contributed by atoms with E-state index in [0.29, 0.717) is 0 Å². The zero-order valence-corrected chi connectivity index (χ0v) is 7.98. The molecular formula is C10H9Br. The molecule has 56 valence electrons. The van der Waals surface area contributed by atoms with E-state index in [1.165, 1.54) is 21.2 Å². The highest BCUT2D eigenvalue weighted by Gasteiger charge is 2.09. The smallest absolute Gasteiger partial charge is 0.0178 e. The highest BCUT2D eigenvalue weighted by molar-refractivity contribution is 9.10. The van der Waals surface area contributed by atoms with Crippen LogP contribution in [-0.4, -0.2) is 0 Å². The maximum absolute atomic E-state index is 3.46. The first-order valence-corrected chi connectivity index (χ1v) is 4.52. The second kappa shape index (κ2) is 2.49. The van der Waals surface area contributed by atoms with Crippen LogP contribution in [0.1, 0.15) is 18.1 Å². The van der Waals surface area contributed by atoms with Gasteiger partial charge < -0.3 is 0 Å². The van der Waals surface area contributed by atoms with Crippen LogP contribution < -0.4 is 0 Å². The van der Waals surface area contributed by atoms with Crippen LogP contribution in [0.3, 0.4) is 0 Å². The average molecular weight is 209 g/mol. The predicted octanol–water partition coefficient (Wildman–Crippen LogP) is 3.41. The minimum Gasteiger partial charge on any atom is -0.0766 e. The van der Waals surface area contributed by atoms with Crippen LogP contribution in [-0.2, 0) is 6.42 Å². The van der Waals surface area contributed by atoms with Crippen molar-refractivity contribution in [2.24, 2.45) is 0 Å². The Morgan fingerprint density at radius 3 is 3.00 bits per heavy atom. The molecule has 0 aliphatic heterocycles. The fourth-order valence-corrected chi connectivity index (χ4v) is 1.90. The normalized spacial score (nSPS) is 14.5. The summed E-state index contributed by atoms with van der Waals surface area (Å²) < 4.78 is 1.18. The molecule has 0 unspecified atom stereocenters. The maximum Gasteiger partial charge on any atom is 0.0178 e. The average Bonchev–Trinajstić information content (AvgIpc) is 2.32. The van der Waals surface area contributed by atoms with Gasteiger partial charge in [0.1, 0.15) is 0 Å². The Morgan fingerprint density at radius 2 is 2.18 bits per heavy atom. The van der Waals surface area contributed by atoms with Gasteiger partial charge in [0.15, 0.2) is 0 Å². The van der Waals surface area contributed by atoms with Crippen LogP contribution in [0.4, 0.5) is 0 Å². The van der Waals surface area contributed by atoms with E-state index in [1.54, 1.807) is 0 Å². The van der Waals surface area contributed by atoms with E-state index in [1.807, 2.05) is 0 Å². The Morgan fingerprint density at radius 1 is 1.36 bits per heavy atom. The molecule has 0 nitrogen and oxygen atoms in total. The number of hydrogen-bond donors (Lipinski definition) is 0. The SMILES string of the molecule is CC1=CCc2cc(Br)ccc21. The molecule has 1 aliphatic rings. The van der Waals surface area contributed by atoms with E-state index in [-0.39, 0.29) is 0 Å². The van der Waals surface area contributed by atoms with Crippen molar-refractivity contribution in [3.8, 4) is 0 Å². The summed E-state index contributed by atoms with van der Waals surface area (Å²) in [5.74, 6) is 0. The molecule has 0 aromatic heterocycles. The van der Waals surface area contributed by atoms with Crippen LogP contribution >= 0.6 is 15.9 Å². The van der Waals surface area contributed by atoms with Gasteiger partial charge in [-0.2, -0.15) is 0 Å². The summed E-state index contributed by atoms with van der Waals surface area (Å²) in [7, 11) is 0. The van der Waals surface area contributed by atoms with Gasteiger partial charge in [0.2, 0.25) is 0 Å². The second-order valence-corrected chi connectivity index (χ2v) is 3.81. The summed E-state index contributed by atoms with van der Waals surface area (Å²) in [6.07, 6.45) is 3.37. The molecule has 0 bridgehead atoms. The summed E-state index contributed by atoms with van der Waals surface area (Å²) in [5.41, 5.74) is 4.26. The van der Waals surface area contributed by atoms with Gasteiger partial charge in [-0.3, -0.25) is 0 Å². The Hall–Kier alpha value is -0.560. The minimum absolute atomic E-state index is 1.10. The first-order chi connectivity index (χ1) is 5.27. The molecule has 1 aliphatic carbocycles. The first kappa shape index (κ1) is 7.11. The molecule has 0 atom stereocenters. The number of allylic oxidation sites excluding steroid dienone is 2. The van der Waals surface area contributed by atoms with Gasteiger partial charge in [-0.1, -0.05) is 28.1 Å². The third kappa shape index (κ3) is 1.14. The van der Waals surface area contributed by atoms with Gasteiger partial charge in [0.05, 0.1) is 0 Å². The molecule has 1 heteroatoms. The van der Waals surface area contributed by atoms with Gasteiger partial charge in [-0.05, 0) is 42.2 Å². The lowest BCUT2D eigenvalue weighted by atomic mass is 10.1. The number of fused-ring (bicyclic) bond motifs is 1. The molecule has 0 radical (unpaired) electrons. The number of hydrogen-bond acceptors (Lipinski definition) is 0. The van der Waals surface area contributed by atoms with Crippen molar-refractivity contribution >= 4 is 21.5 Å². The van der Waals surface area contributed by atoms with E-state index in [2.05, 4.69) is 47.1 Å². The molecule has 0 N–H and O–H groups in total. The highest BCUT2D eigenvalue weighted by Crippen LogP contribution is 2.28. The molecule has 0 saturated carbocycles. The zero-order chi connectivity index (χ0) is 7.84. The minimum atomic E-state index is 1.10. The fraction of sp³-hybridized carbons (Fsp3) is 0.200. The number of halogens is 1. The van der Waals surface area contributed by atoms with Crippen molar-refractivity contribution in [3.63, 3.8) is 0 Å². The lowest BCUT2D eigenvalue weighted by molar-refractivity contribution is 1.30. The van der Waals surface area contributed by atoms with Crippen LogP contribution in [0.2, 0.25) is 0 Å². The maximum atomic E-state index is 3.46. The summed E-state index contributed by atoms with van der Waals surface area (Å²) in [6.45, 7) is 2.17. The fourth-order valence-electron chi connectivity index (χ4n) is 1.49. The Balaban J connectivity index is 2.58. The Bertz CT molecular complexity index is 324. The zero-order valence-electron chi connectivity index (χ0n) is 6.39. The van der Waals surface area contributed by atoms with E-state index in [0.717, 1.165) is 6.42 Å². The lowest BCUT2D eigenvalue weighted by Gasteiger charge is -2.00. The lowest BCUT2D eigenvalue weighted by Crippen LogP contribution is -1.81. The molecule has 11 heavy (non-hydrogen) atoms. The standard InChI is InChI=1S/C10H9Br/c1-7-2-3-8-6-9(11)4-5-10(7)8/h2,4-6H,3H2,1H3. The van der Waals surface area contributed by atoms with Crippen molar-refractivity contribution in [1.29, 1.82) is 0 Å². The van der Waals surface area contributed by atoms with Crippen molar-refractivity contribution in [2.75, 3.05) is 0 Å². The molecule has 0 fully saturated rings. The molecule has 2 rings (SSSR count). The van der Waals surface area contributed by atoms with Crippen molar-refractivity contribution in [1.82, 2.24) is 0 Å². The Kier molecular flexibility index (Phi) is 1.61. The van der Waals surface area contributed by atoms with Crippen LogP contribution in [0.5, 0.6) is 0 Å². The summed E-state index contributed by atoms with van der Waals surface area (Å²) in [4.78, 5) is 0. The van der Waals surface area contributed by atoms with Gasteiger partial charge >= 0.3 is 0 Å². The van der Waals surface area contributed by atoms with Crippen LogP contribution in [0.15, 0.2) is 28.7 Å². The molecule has 0 amide bonds. The second-order valence-electron chi connectivity index (χ2n) is 2.89. The molecule has 0 saturated heterocycles. The Labute approximate surface area is 75.1 Å². The molecule has 0 spiro atoms. The summed E-state index contributed by atoms with van der Waals surface area (Å²) >= 11 is 3.46. The van der Waals surface area contributed by atoms with Gasteiger partial charge in [0.25, 0.3) is 0 Å². The topological polar surface area (TPSA) is 0 Å². The van der Waals surface area contributed by atoms with Crippen LogP contribution in [0, 0.1) is 0 Å². The monoisotopic (exact) mass is 208 g/mol. The van der Waals surface area contributed by atoms with E-state index < -0.39 is 0 Å². The van der Waals surface area contributed by atoms with E-state index in [9.17, 15) is 0 Å². The van der Waals surface area contributed by atoms with Crippen molar-refractivity contribution in [3.05, 3.63) is 39.9 Å². The number of rotatable bonds is 0. The quantitative estimate of drug-likeness (QED) is 0.614. The largest absolute Gasteiger partial charge is 0.0766 e.